The van der Waals surface area contributed by atoms with Crippen LogP contribution in [0.5, 0.6) is 0 Å². The fraction of sp³-hybridized carbons (Fsp3) is 0.182. The van der Waals surface area contributed by atoms with Gasteiger partial charge in [-0.25, -0.2) is 4.98 Å². The average Bonchev–Trinajstić information content (AvgIpc) is 2.62. The average molecular weight is 335 g/mol. The van der Waals surface area contributed by atoms with Gasteiger partial charge in [-0.3, -0.25) is 0 Å². The first-order chi connectivity index (χ1) is 8.09. The van der Waals surface area contributed by atoms with Gasteiger partial charge in [-0.05, 0) is 28.1 Å². The third kappa shape index (κ3) is 2.76. The minimum Gasteiger partial charge on any atom is -0.377 e. The summed E-state index contributed by atoms with van der Waals surface area (Å²) in [6, 6.07) is 5.66. The molecule has 0 radical (unpaired) electrons. The van der Waals surface area contributed by atoms with E-state index in [0.29, 0.717) is 16.7 Å². The number of benzene rings is 1. The van der Waals surface area contributed by atoms with Crippen molar-refractivity contribution in [3.8, 4) is 0 Å². The Morgan fingerprint density at radius 2 is 2.18 bits per heavy atom. The zero-order valence-corrected chi connectivity index (χ0v) is 12.1. The summed E-state index contributed by atoms with van der Waals surface area (Å²) in [7, 11) is 1.87. The van der Waals surface area contributed by atoms with Crippen molar-refractivity contribution in [2.45, 2.75) is 6.54 Å². The molecule has 1 aromatic carbocycles. The lowest BCUT2D eigenvalue weighted by molar-refractivity contribution is 0.813. The molecule has 1 heterocycles. The highest BCUT2D eigenvalue weighted by Gasteiger charge is 2.06. The van der Waals surface area contributed by atoms with Crippen molar-refractivity contribution in [1.29, 1.82) is 0 Å². The fourth-order valence-electron chi connectivity index (χ4n) is 1.40. The zero-order chi connectivity index (χ0) is 12.4. The molecule has 0 fully saturated rings. The van der Waals surface area contributed by atoms with E-state index >= 15 is 0 Å². The molecule has 0 aliphatic heterocycles. The maximum absolute atomic E-state index is 6.00. The Balaban J connectivity index is 2.13. The van der Waals surface area contributed by atoms with Crippen molar-refractivity contribution in [3.05, 3.63) is 44.9 Å². The topological polar surface area (TPSA) is 29.9 Å². The van der Waals surface area contributed by atoms with E-state index in [-0.39, 0.29) is 0 Å². The molecule has 1 N–H and O–H groups in total. The molecule has 90 valence electrons. The first kappa shape index (κ1) is 12.7. The van der Waals surface area contributed by atoms with Gasteiger partial charge in [0, 0.05) is 7.05 Å². The van der Waals surface area contributed by atoms with Crippen LogP contribution in [0.1, 0.15) is 5.82 Å². The standard InChI is InChI=1S/C11H10BrCl2N3/c1-17-9(14)5-16-10(17)6-15-8-4-2-3-7(13)11(8)12/h2-5,15H,6H2,1H3. The fourth-order valence-corrected chi connectivity index (χ4v) is 2.13. The summed E-state index contributed by atoms with van der Waals surface area (Å²) in [5.41, 5.74) is 0.927. The molecule has 6 heteroatoms. The molecule has 0 unspecified atom stereocenters. The van der Waals surface area contributed by atoms with Crippen LogP contribution in [-0.2, 0) is 13.6 Å². The van der Waals surface area contributed by atoms with Crippen molar-refractivity contribution in [2.24, 2.45) is 7.05 Å². The molecular weight excluding hydrogens is 325 g/mol. The van der Waals surface area contributed by atoms with E-state index in [1.165, 1.54) is 0 Å². The number of nitrogens with zero attached hydrogens (tertiary/aromatic N) is 2. The summed E-state index contributed by atoms with van der Waals surface area (Å²) in [6.07, 6.45) is 1.63. The summed E-state index contributed by atoms with van der Waals surface area (Å²) >= 11 is 15.3. The first-order valence-corrected chi connectivity index (χ1v) is 6.48. The third-order valence-electron chi connectivity index (χ3n) is 2.42. The van der Waals surface area contributed by atoms with Crippen molar-refractivity contribution in [2.75, 3.05) is 5.32 Å². The Morgan fingerprint density at radius 1 is 1.41 bits per heavy atom. The van der Waals surface area contributed by atoms with Crippen LogP contribution < -0.4 is 5.32 Å². The summed E-state index contributed by atoms with van der Waals surface area (Å²) < 4.78 is 2.68. The molecule has 1 aromatic heterocycles. The zero-order valence-electron chi connectivity index (χ0n) is 9.04. The van der Waals surface area contributed by atoms with Gasteiger partial charge < -0.3 is 9.88 Å². The lowest BCUT2D eigenvalue weighted by Crippen LogP contribution is -2.06. The number of aromatic nitrogens is 2. The van der Waals surface area contributed by atoms with Crippen LogP contribution in [0.2, 0.25) is 10.2 Å². The van der Waals surface area contributed by atoms with Gasteiger partial charge in [0.2, 0.25) is 0 Å². The summed E-state index contributed by atoms with van der Waals surface area (Å²) in [5, 5.41) is 4.54. The highest BCUT2D eigenvalue weighted by atomic mass is 79.9. The minimum absolute atomic E-state index is 0.585. The van der Waals surface area contributed by atoms with Crippen LogP contribution in [0.15, 0.2) is 28.9 Å². The Kier molecular flexibility index (Phi) is 3.97. The molecule has 2 rings (SSSR count). The van der Waals surface area contributed by atoms with E-state index < -0.39 is 0 Å². The summed E-state index contributed by atoms with van der Waals surface area (Å²) in [4.78, 5) is 4.20. The largest absolute Gasteiger partial charge is 0.377 e. The number of halogens is 3. The summed E-state index contributed by atoms with van der Waals surface area (Å²) in [6.45, 7) is 0.585. The van der Waals surface area contributed by atoms with E-state index in [4.69, 9.17) is 23.2 Å². The molecule has 3 nitrogen and oxygen atoms in total. The predicted octanol–water partition coefficient (Wildman–Crippen LogP) is 4.10. The van der Waals surface area contributed by atoms with Gasteiger partial charge >= 0.3 is 0 Å². The van der Waals surface area contributed by atoms with Crippen LogP contribution >= 0.6 is 39.1 Å². The quantitative estimate of drug-likeness (QED) is 0.915. The molecule has 0 aliphatic carbocycles. The Morgan fingerprint density at radius 3 is 2.82 bits per heavy atom. The van der Waals surface area contributed by atoms with E-state index in [0.717, 1.165) is 16.0 Å². The maximum Gasteiger partial charge on any atom is 0.128 e. The van der Waals surface area contributed by atoms with Crippen molar-refractivity contribution < 1.29 is 0 Å². The summed E-state index contributed by atoms with van der Waals surface area (Å²) in [5.74, 6) is 0.863. The van der Waals surface area contributed by atoms with Gasteiger partial charge in [-0.2, -0.15) is 0 Å². The highest BCUT2D eigenvalue weighted by Crippen LogP contribution is 2.30. The molecule has 0 bridgehead atoms. The third-order valence-corrected chi connectivity index (χ3v) is 4.16. The highest BCUT2D eigenvalue weighted by molar-refractivity contribution is 9.10. The van der Waals surface area contributed by atoms with E-state index in [1.54, 1.807) is 6.20 Å². The first-order valence-electron chi connectivity index (χ1n) is 4.93. The Hall–Kier alpha value is -0.710. The smallest absolute Gasteiger partial charge is 0.128 e. The van der Waals surface area contributed by atoms with Gasteiger partial charge in [0.05, 0.1) is 27.9 Å². The second-order valence-corrected chi connectivity index (χ2v) is 5.10. The maximum atomic E-state index is 6.00. The molecule has 17 heavy (non-hydrogen) atoms. The second-order valence-electron chi connectivity index (χ2n) is 3.51. The molecule has 0 saturated carbocycles. The van der Waals surface area contributed by atoms with Crippen LogP contribution in [0, 0.1) is 0 Å². The predicted molar refractivity (Wildman–Crippen MR) is 74.7 cm³/mol. The van der Waals surface area contributed by atoms with Crippen LogP contribution in [0.25, 0.3) is 0 Å². The van der Waals surface area contributed by atoms with Gasteiger partial charge in [-0.1, -0.05) is 29.3 Å². The van der Waals surface area contributed by atoms with Gasteiger partial charge in [0.15, 0.2) is 0 Å². The van der Waals surface area contributed by atoms with Crippen molar-refractivity contribution >= 4 is 44.8 Å². The van der Waals surface area contributed by atoms with Gasteiger partial charge in [0.25, 0.3) is 0 Å². The number of hydrogen-bond acceptors (Lipinski definition) is 2. The number of nitrogens with one attached hydrogen (secondary N) is 1. The number of hydrogen-bond donors (Lipinski definition) is 1. The lowest BCUT2D eigenvalue weighted by Gasteiger charge is -2.09. The molecule has 0 saturated heterocycles. The molecule has 0 amide bonds. The molecule has 2 aromatic rings. The van der Waals surface area contributed by atoms with E-state index in [2.05, 4.69) is 26.2 Å². The SMILES string of the molecule is Cn1c(Cl)cnc1CNc1cccc(Cl)c1Br. The van der Waals surface area contributed by atoms with Gasteiger partial charge in [0.1, 0.15) is 11.0 Å². The van der Waals surface area contributed by atoms with Crippen LogP contribution in [-0.4, -0.2) is 9.55 Å². The second kappa shape index (κ2) is 5.29. The van der Waals surface area contributed by atoms with Crippen molar-refractivity contribution in [1.82, 2.24) is 9.55 Å². The Labute approximate surface area is 118 Å². The van der Waals surface area contributed by atoms with Gasteiger partial charge in [-0.15, -0.1) is 0 Å². The molecule has 0 spiro atoms. The van der Waals surface area contributed by atoms with Crippen LogP contribution in [0.4, 0.5) is 5.69 Å². The van der Waals surface area contributed by atoms with Crippen molar-refractivity contribution in [3.63, 3.8) is 0 Å². The molecule has 0 aliphatic rings. The van der Waals surface area contributed by atoms with E-state index in [9.17, 15) is 0 Å². The Bertz CT molecular complexity index is 540. The minimum atomic E-state index is 0.585. The number of anilines is 1. The molecule has 0 atom stereocenters. The lowest BCUT2D eigenvalue weighted by atomic mass is 10.3. The number of imidazole rings is 1. The monoisotopic (exact) mass is 333 g/mol. The number of rotatable bonds is 3. The normalized spacial score (nSPS) is 10.6. The van der Waals surface area contributed by atoms with E-state index in [1.807, 2.05) is 29.8 Å². The molecular formula is C11H10BrCl2N3. The van der Waals surface area contributed by atoms with Crippen LogP contribution in [0.3, 0.4) is 0 Å².